The van der Waals surface area contributed by atoms with Crippen LogP contribution < -0.4 is 0 Å². The van der Waals surface area contributed by atoms with Gasteiger partial charge in [0, 0.05) is 34.7 Å². The van der Waals surface area contributed by atoms with Crippen LogP contribution in [0.4, 0.5) is 0 Å². The predicted molar refractivity (Wildman–Crippen MR) is 112 cm³/mol. The Hall–Kier alpha value is -1.37. The Morgan fingerprint density at radius 1 is 1.04 bits per heavy atom. The standard InChI is InChI=1S/C21H24BrN3OS/c22-16-5-7-18(8-6-16)27-20-19(4-3-11-23-20)21(26)25-14-9-17(10-15-25)24-12-1-2-13-24/h3-8,11,17H,1-2,9-10,12-15H2. The van der Waals surface area contributed by atoms with E-state index in [9.17, 15) is 4.79 Å². The maximum Gasteiger partial charge on any atom is 0.256 e. The van der Waals surface area contributed by atoms with E-state index in [1.165, 1.54) is 25.9 Å². The zero-order valence-corrected chi connectivity index (χ0v) is 17.7. The highest BCUT2D eigenvalue weighted by Gasteiger charge is 2.29. The second-order valence-corrected chi connectivity index (χ2v) is 9.16. The first-order valence-corrected chi connectivity index (χ1v) is 11.2. The van der Waals surface area contributed by atoms with Crippen molar-refractivity contribution in [3.63, 3.8) is 0 Å². The molecule has 2 aromatic rings. The van der Waals surface area contributed by atoms with Gasteiger partial charge in [0.1, 0.15) is 5.03 Å². The molecule has 0 bridgehead atoms. The molecule has 4 nitrogen and oxygen atoms in total. The zero-order valence-electron chi connectivity index (χ0n) is 15.3. The molecule has 0 N–H and O–H groups in total. The van der Waals surface area contributed by atoms with Crippen molar-refractivity contribution >= 4 is 33.6 Å². The van der Waals surface area contributed by atoms with E-state index in [0.717, 1.165) is 40.3 Å². The van der Waals surface area contributed by atoms with Crippen molar-refractivity contribution < 1.29 is 4.79 Å². The highest BCUT2D eigenvalue weighted by molar-refractivity contribution is 9.10. The van der Waals surface area contributed by atoms with Crippen LogP contribution in [0.25, 0.3) is 0 Å². The second-order valence-electron chi connectivity index (χ2n) is 7.18. The summed E-state index contributed by atoms with van der Waals surface area (Å²) < 4.78 is 1.05. The molecule has 1 amide bonds. The van der Waals surface area contributed by atoms with Gasteiger partial charge >= 0.3 is 0 Å². The topological polar surface area (TPSA) is 36.4 Å². The van der Waals surface area contributed by atoms with Gasteiger partial charge in [-0.05, 0) is 75.2 Å². The fraction of sp³-hybridized carbons (Fsp3) is 0.429. The predicted octanol–water partition coefficient (Wildman–Crippen LogP) is 4.70. The van der Waals surface area contributed by atoms with Gasteiger partial charge in [0.2, 0.25) is 0 Å². The van der Waals surface area contributed by atoms with Gasteiger partial charge in [-0.3, -0.25) is 4.79 Å². The number of pyridine rings is 1. The SMILES string of the molecule is O=C(c1cccnc1Sc1ccc(Br)cc1)N1CCC(N2CCCC2)CC1. The summed E-state index contributed by atoms with van der Waals surface area (Å²) in [5.41, 5.74) is 0.713. The fourth-order valence-corrected chi connectivity index (χ4v) is 5.10. The average molecular weight is 446 g/mol. The maximum absolute atomic E-state index is 13.1. The van der Waals surface area contributed by atoms with E-state index in [0.29, 0.717) is 11.6 Å². The zero-order chi connectivity index (χ0) is 18.6. The van der Waals surface area contributed by atoms with Gasteiger partial charge < -0.3 is 9.80 Å². The van der Waals surface area contributed by atoms with Crippen LogP contribution in [0.3, 0.4) is 0 Å². The third-order valence-corrected chi connectivity index (χ3v) is 6.99. The highest BCUT2D eigenvalue weighted by atomic mass is 79.9. The van der Waals surface area contributed by atoms with Crippen molar-refractivity contribution in [2.24, 2.45) is 0 Å². The molecule has 4 rings (SSSR count). The van der Waals surface area contributed by atoms with Gasteiger partial charge in [0.15, 0.2) is 0 Å². The molecule has 0 saturated carbocycles. The molecule has 2 saturated heterocycles. The van der Waals surface area contributed by atoms with Crippen LogP contribution >= 0.6 is 27.7 Å². The Bertz CT molecular complexity index is 784. The van der Waals surface area contributed by atoms with Gasteiger partial charge in [-0.15, -0.1) is 0 Å². The Morgan fingerprint density at radius 2 is 1.74 bits per heavy atom. The number of rotatable bonds is 4. The van der Waals surface area contributed by atoms with Crippen molar-refractivity contribution in [2.75, 3.05) is 26.2 Å². The molecule has 1 aromatic carbocycles. The summed E-state index contributed by atoms with van der Waals surface area (Å²) in [6, 6.07) is 12.5. The molecular weight excluding hydrogens is 422 g/mol. The number of nitrogens with zero attached hydrogens (tertiary/aromatic N) is 3. The van der Waals surface area contributed by atoms with Crippen molar-refractivity contribution in [3.8, 4) is 0 Å². The van der Waals surface area contributed by atoms with Crippen LogP contribution in [0.2, 0.25) is 0 Å². The van der Waals surface area contributed by atoms with E-state index >= 15 is 0 Å². The van der Waals surface area contributed by atoms with Gasteiger partial charge in [-0.1, -0.05) is 27.7 Å². The molecule has 0 radical (unpaired) electrons. The average Bonchev–Trinajstić information content (AvgIpc) is 3.25. The van der Waals surface area contributed by atoms with E-state index in [1.807, 2.05) is 41.3 Å². The Balaban J connectivity index is 1.43. The van der Waals surface area contributed by atoms with Crippen molar-refractivity contribution in [1.29, 1.82) is 0 Å². The summed E-state index contributed by atoms with van der Waals surface area (Å²) in [7, 11) is 0. The first-order chi connectivity index (χ1) is 13.2. The molecule has 142 valence electrons. The first-order valence-electron chi connectivity index (χ1n) is 9.62. The van der Waals surface area contributed by atoms with E-state index in [2.05, 4.69) is 25.8 Å². The molecule has 2 aliphatic rings. The largest absolute Gasteiger partial charge is 0.338 e. The Morgan fingerprint density at radius 3 is 2.44 bits per heavy atom. The first kappa shape index (κ1) is 19.0. The number of hydrogen-bond acceptors (Lipinski definition) is 4. The van der Waals surface area contributed by atoms with Gasteiger partial charge in [0.05, 0.1) is 5.56 Å². The lowest BCUT2D eigenvalue weighted by molar-refractivity contribution is 0.0640. The molecule has 1 aromatic heterocycles. The van der Waals surface area contributed by atoms with Crippen LogP contribution in [0.15, 0.2) is 57.0 Å². The molecule has 0 atom stereocenters. The van der Waals surface area contributed by atoms with Gasteiger partial charge in [0.25, 0.3) is 5.91 Å². The smallest absolute Gasteiger partial charge is 0.256 e. The molecule has 6 heteroatoms. The Kier molecular flexibility index (Phi) is 6.15. The maximum atomic E-state index is 13.1. The fourth-order valence-electron chi connectivity index (χ4n) is 3.96. The lowest BCUT2D eigenvalue weighted by atomic mass is 10.0. The monoisotopic (exact) mass is 445 g/mol. The lowest BCUT2D eigenvalue weighted by Crippen LogP contribution is -2.46. The van der Waals surface area contributed by atoms with Crippen molar-refractivity contribution in [2.45, 2.75) is 41.6 Å². The number of amides is 1. The van der Waals surface area contributed by atoms with Crippen LogP contribution in [0, 0.1) is 0 Å². The quantitative estimate of drug-likeness (QED) is 0.683. The van der Waals surface area contributed by atoms with E-state index < -0.39 is 0 Å². The number of likely N-dealkylation sites (tertiary alicyclic amines) is 2. The molecule has 2 aliphatic heterocycles. The summed E-state index contributed by atoms with van der Waals surface area (Å²) in [6.07, 6.45) is 6.58. The number of piperidine rings is 1. The summed E-state index contributed by atoms with van der Waals surface area (Å²) >= 11 is 5.01. The Labute approximate surface area is 173 Å². The van der Waals surface area contributed by atoms with Crippen LogP contribution in [-0.2, 0) is 0 Å². The van der Waals surface area contributed by atoms with Crippen molar-refractivity contribution in [3.05, 3.63) is 52.6 Å². The molecule has 0 unspecified atom stereocenters. The lowest BCUT2D eigenvalue weighted by Gasteiger charge is -2.36. The second kappa shape index (κ2) is 8.76. The minimum absolute atomic E-state index is 0.114. The van der Waals surface area contributed by atoms with E-state index in [-0.39, 0.29) is 5.91 Å². The van der Waals surface area contributed by atoms with Crippen molar-refractivity contribution in [1.82, 2.24) is 14.8 Å². The number of halogens is 1. The minimum Gasteiger partial charge on any atom is -0.338 e. The normalized spacial score (nSPS) is 18.8. The highest BCUT2D eigenvalue weighted by Crippen LogP contribution is 2.31. The summed E-state index contributed by atoms with van der Waals surface area (Å²) in [5, 5.41) is 0.784. The van der Waals surface area contributed by atoms with Crippen LogP contribution in [-0.4, -0.2) is 52.9 Å². The molecule has 3 heterocycles. The number of carbonyl (C=O) groups excluding carboxylic acids is 1. The van der Waals surface area contributed by atoms with Gasteiger partial charge in [-0.25, -0.2) is 4.98 Å². The van der Waals surface area contributed by atoms with Crippen LogP contribution in [0.5, 0.6) is 0 Å². The number of hydrogen-bond donors (Lipinski definition) is 0. The third kappa shape index (κ3) is 4.55. The summed E-state index contributed by atoms with van der Waals surface area (Å²) in [4.78, 5) is 23.3. The summed E-state index contributed by atoms with van der Waals surface area (Å²) in [6.45, 7) is 4.15. The molecule has 0 spiro atoms. The summed E-state index contributed by atoms with van der Waals surface area (Å²) in [5.74, 6) is 0.114. The molecule has 2 fully saturated rings. The third-order valence-electron chi connectivity index (χ3n) is 5.44. The van der Waals surface area contributed by atoms with E-state index in [4.69, 9.17) is 0 Å². The number of aromatic nitrogens is 1. The molecule has 0 aliphatic carbocycles. The molecular formula is C21H24BrN3OS. The molecule has 27 heavy (non-hydrogen) atoms. The minimum atomic E-state index is 0.114. The van der Waals surface area contributed by atoms with E-state index in [1.54, 1.807) is 18.0 Å². The number of benzene rings is 1. The van der Waals surface area contributed by atoms with Gasteiger partial charge in [-0.2, -0.15) is 0 Å². The van der Waals surface area contributed by atoms with Crippen LogP contribution in [0.1, 0.15) is 36.0 Å². The number of carbonyl (C=O) groups is 1.